The molecule has 0 saturated carbocycles. The second kappa shape index (κ2) is 4.08. The van der Waals surface area contributed by atoms with Crippen LogP contribution < -0.4 is 0 Å². The van der Waals surface area contributed by atoms with Gasteiger partial charge in [-0.15, -0.1) is 23.5 Å². The minimum atomic E-state index is 0.591. The highest BCUT2D eigenvalue weighted by Gasteiger charge is 2.17. The van der Waals surface area contributed by atoms with E-state index in [0.717, 1.165) is 5.56 Å². The maximum Gasteiger partial charge on any atom is 0.0991 e. The van der Waals surface area contributed by atoms with Crippen LogP contribution in [0.3, 0.4) is 0 Å². The van der Waals surface area contributed by atoms with Crippen LogP contribution in [0.15, 0.2) is 24.3 Å². The van der Waals surface area contributed by atoms with Gasteiger partial charge in [-0.1, -0.05) is 12.1 Å². The molecule has 3 heteroatoms. The molecule has 0 N–H and O–H groups in total. The molecule has 0 amide bonds. The van der Waals surface area contributed by atoms with Gasteiger partial charge in [-0.05, 0) is 17.7 Å². The van der Waals surface area contributed by atoms with Crippen LogP contribution in [0.5, 0.6) is 0 Å². The van der Waals surface area contributed by atoms with Crippen LogP contribution in [0.1, 0.15) is 15.7 Å². The Bertz CT molecular complexity index is 320. The normalized spacial score (nSPS) is 17.2. The predicted molar refractivity (Wildman–Crippen MR) is 58.8 cm³/mol. The number of benzene rings is 1. The summed E-state index contributed by atoms with van der Waals surface area (Å²) >= 11 is 3.98. The fourth-order valence-corrected chi connectivity index (χ4v) is 4.13. The van der Waals surface area contributed by atoms with Crippen LogP contribution in [0.25, 0.3) is 0 Å². The van der Waals surface area contributed by atoms with Crippen LogP contribution in [0, 0.1) is 11.3 Å². The molecule has 0 spiro atoms. The van der Waals surface area contributed by atoms with Crippen LogP contribution in [-0.4, -0.2) is 11.5 Å². The minimum absolute atomic E-state index is 0.591. The van der Waals surface area contributed by atoms with Crippen molar-refractivity contribution < 1.29 is 0 Å². The smallest absolute Gasteiger partial charge is 0.0991 e. The number of rotatable bonds is 1. The molecule has 0 aromatic heterocycles. The summed E-state index contributed by atoms with van der Waals surface area (Å²) in [4.78, 5) is 0. The third-order valence-electron chi connectivity index (χ3n) is 1.93. The van der Waals surface area contributed by atoms with E-state index in [1.165, 1.54) is 17.1 Å². The van der Waals surface area contributed by atoms with Gasteiger partial charge in [0.2, 0.25) is 0 Å². The standard InChI is InChI=1S/C10H9NS2/c11-7-8-1-3-9(4-2-8)10-12-5-6-13-10/h1-4,10H,5-6H2. The SMILES string of the molecule is N#Cc1ccc(C2SCCS2)cc1. The molecule has 0 atom stereocenters. The van der Waals surface area contributed by atoms with E-state index in [9.17, 15) is 0 Å². The largest absolute Gasteiger partial charge is 0.192 e. The summed E-state index contributed by atoms with van der Waals surface area (Å²) in [6.45, 7) is 0. The molecule has 1 aromatic rings. The molecule has 1 aliphatic rings. The van der Waals surface area contributed by atoms with Gasteiger partial charge in [-0.25, -0.2) is 0 Å². The number of nitriles is 1. The molecule has 0 bridgehead atoms. The lowest BCUT2D eigenvalue weighted by Crippen LogP contribution is -1.84. The van der Waals surface area contributed by atoms with Crippen molar-refractivity contribution in [2.24, 2.45) is 0 Å². The predicted octanol–water partition coefficient (Wildman–Crippen LogP) is 3.04. The van der Waals surface area contributed by atoms with E-state index >= 15 is 0 Å². The van der Waals surface area contributed by atoms with E-state index in [2.05, 4.69) is 18.2 Å². The average Bonchev–Trinajstić information content (AvgIpc) is 2.71. The summed E-state index contributed by atoms with van der Waals surface area (Å²) in [5.41, 5.74) is 2.09. The zero-order chi connectivity index (χ0) is 9.10. The molecule has 0 radical (unpaired) electrons. The van der Waals surface area contributed by atoms with Gasteiger partial charge in [-0.2, -0.15) is 5.26 Å². The zero-order valence-electron chi connectivity index (χ0n) is 7.06. The number of hydrogen-bond donors (Lipinski definition) is 0. The van der Waals surface area contributed by atoms with E-state index in [0.29, 0.717) is 4.58 Å². The van der Waals surface area contributed by atoms with Crippen molar-refractivity contribution in [3.63, 3.8) is 0 Å². The molecule has 1 aliphatic heterocycles. The molecule has 0 unspecified atom stereocenters. The van der Waals surface area contributed by atoms with E-state index in [1.54, 1.807) is 0 Å². The molecule has 1 nitrogen and oxygen atoms in total. The van der Waals surface area contributed by atoms with E-state index in [-0.39, 0.29) is 0 Å². The Labute approximate surface area is 86.5 Å². The third kappa shape index (κ3) is 2.01. The number of nitrogens with zero attached hydrogens (tertiary/aromatic N) is 1. The summed E-state index contributed by atoms with van der Waals surface area (Å²) in [5.74, 6) is 2.49. The summed E-state index contributed by atoms with van der Waals surface area (Å²) in [5, 5.41) is 8.63. The lowest BCUT2D eigenvalue weighted by atomic mass is 10.2. The Morgan fingerprint density at radius 1 is 1.15 bits per heavy atom. The molecule has 1 saturated heterocycles. The Balaban J connectivity index is 2.18. The Morgan fingerprint density at radius 3 is 2.31 bits per heavy atom. The van der Waals surface area contributed by atoms with Crippen molar-refractivity contribution >= 4 is 23.5 Å². The third-order valence-corrected chi connectivity index (χ3v) is 5.04. The first-order valence-corrected chi connectivity index (χ1v) is 6.23. The summed E-state index contributed by atoms with van der Waals surface area (Å²) in [7, 11) is 0. The summed E-state index contributed by atoms with van der Waals surface area (Å²) < 4.78 is 0.591. The second-order valence-electron chi connectivity index (χ2n) is 2.81. The average molecular weight is 207 g/mol. The molecule has 1 heterocycles. The van der Waals surface area contributed by atoms with E-state index in [1.807, 2.05) is 35.7 Å². The van der Waals surface area contributed by atoms with Gasteiger partial charge in [0.05, 0.1) is 16.2 Å². The maximum absolute atomic E-state index is 8.63. The topological polar surface area (TPSA) is 23.8 Å². The van der Waals surface area contributed by atoms with E-state index in [4.69, 9.17) is 5.26 Å². The van der Waals surface area contributed by atoms with Gasteiger partial charge in [0, 0.05) is 11.5 Å². The fourth-order valence-electron chi connectivity index (χ4n) is 1.27. The molecule has 1 fully saturated rings. The van der Waals surface area contributed by atoms with Gasteiger partial charge < -0.3 is 0 Å². The number of hydrogen-bond acceptors (Lipinski definition) is 3. The number of thioether (sulfide) groups is 2. The van der Waals surface area contributed by atoms with Gasteiger partial charge >= 0.3 is 0 Å². The van der Waals surface area contributed by atoms with Gasteiger partial charge in [0.25, 0.3) is 0 Å². The minimum Gasteiger partial charge on any atom is -0.192 e. The first-order chi connectivity index (χ1) is 6.40. The molecular formula is C10H9NS2. The molecule has 1 aromatic carbocycles. The van der Waals surface area contributed by atoms with Crippen LogP contribution >= 0.6 is 23.5 Å². The summed E-state index contributed by atoms with van der Waals surface area (Å²) in [6.07, 6.45) is 0. The highest BCUT2D eigenvalue weighted by atomic mass is 32.2. The van der Waals surface area contributed by atoms with Crippen molar-refractivity contribution in [2.75, 3.05) is 11.5 Å². The molecule has 13 heavy (non-hydrogen) atoms. The molecule has 0 aliphatic carbocycles. The Hall–Kier alpha value is -0.590. The van der Waals surface area contributed by atoms with Gasteiger partial charge in [0.1, 0.15) is 0 Å². The Kier molecular flexibility index (Phi) is 2.82. The fraction of sp³-hybridized carbons (Fsp3) is 0.300. The van der Waals surface area contributed by atoms with Crippen LogP contribution in [0.4, 0.5) is 0 Å². The molecule has 66 valence electrons. The molecular weight excluding hydrogens is 198 g/mol. The van der Waals surface area contributed by atoms with Crippen molar-refractivity contribution in [1.82, 2.24) is 0 Å². The van der Waals surface area contributed by atoms with Crippen molar-refractivity contribution in [1.29, 1.82) is 5.26 Å². The van der Waals surface area contributed by atoms with Crippen LogP contribution in [0.2, 0.25) is 0 Å². The quantitative estimate of drug-likeness (QED) is 0.707. The molecule has 2 rings (SSSR count). The van der Waals surface area contributed by atoms with E-state index < -0.39 is 0 Å². The van der Waals surface area contributed by atoms with Crippen molar-refractivity contribution in [2.45, 2.75) is 4.58 Å². The zero-order valence-corrected chi connectivity index (χ0v) is 8.70. The monoisotopic (exact) mass is 207 g/mol. The highest BCUT2D eigenvalue weighted by Crippen LogP contribution is 2.44. The first kappa shape index (κ1) is 8.98. The van der Waals surface area contributed by atoms with Crippen molar-refractivity contribution in [3.05, 3.63) is 35.4 Å². The van der Waals surface area contributed by atoms with Crippen LogP contribution in [-0.2, 0) is 0 Å². The highest BCUT2D eigenvalue weighted by molar-refractivity contribution is 8.19. The maximum atomic E-state index is 8.63. The van der Waals surface area contributed by atoms with Crippen molar-refractivity contribution in [3.8, 4) is 6.07 Å². The lowest BCUT2D eigenvalue weighted by Gasteiger charge is -2.06. The summed E-state index contributed by atoms with van der Waals surface area (Å²) in [6, 6.07) is 10.1. The van der Waals surface area contributed by atoms with Gasteiger partial charge in [-0.3, -0.25) is 0 Å². The second-order valence-corrected chi connectivity index (χ2v) is 5.53. The first-order valence-electron chi connectivity index (χ1n) is 4.13. The Morgan fingerprint density at radius 2 is 1.77 bits per heavy atom. The van der Waals surface area contributed by atoms with Gasteiger partial charge in [0.15, 0.2) is 0 Å². The lowest BCUT2D eigenvalue weighted by molar-refractivity contribution is 1.37.